The van der Waals surface area contributed by atoms with E-state index in [9.17, 15) is 4.79 Å². The predicted octanol–water partition coefficient (Wildman–Crippen LogP) is 5.35. The fourth-order valence-electron chi connectivity index (χ4n) is 2.51. The molecule has 0 saturated heterocycles. The number of amides is 1. The van der Waals surface area contributed by atoms with E-state index in [2.05, 4.69) is 10.4 Å². The molecule has 1 amide bonds. The van der Waals surface area contributed by atoms with Crippen LogP contribution in [0.2, 0.25) is 5.02 Å². The van der Waals surface area contributed by atoms with Gasteiger partial charge in [0, 0.05) is 22.4 Å². The van der Waals surface area contributed by atoms with E-state index >= 15 is 0 Å². The third kappa shape index (κ3) is 5.13. The second-order valence-electron chi connectivity index (χ2n) is 5.87. The highest BCUT2D eigenvalue weighted by Crippen LogP contribution is 2.22. The molecule has 0 aliphatic carbocycles. The lowest BCUT2D eigenvalue weighted by Crippen LogP contribution is -2.14. The molecule has 0 aliphatic rings. The molecule has 0 bridgehead atoms. The minimum Gasteiger partial charge on any atom is -0.311 e. The number of nitrogens with one attached hydrogen (secondary N) is 1. The van der Waals surface area contributed by atoms with Gasteiger partial charge in [-0.2, -0.15) is 5.10 Å². The van der Waals surface area contributed by atoms with Crippen molar-refractivity contribution >= 4 is 35.1 Å². The van der Waals surface area contributed by atoms with Gasteiger partial charge in [0.15, 0.2) is 0 Å². The molecule has 0 atom stereocenters. The number of anilines is 1. The first-order valence-electron chi connectivity index (χ1n) is 8.42. The largest absolute Gasteiger partial charge is 0.311 e. The Morgan fingerprint density at radius 3 is 2.62 bits per heavy atom. The molecule has 0 fully saturated rings. The highest BCUT2D eigenvalue weighted by Gasteiger charge is 2.10. The minimum absolute atomic E-state index is 0.00112. The van der Waals surface area contributed by atoms with Crippen molar-refractivity contribution in [2.45, 2.75) is 24.7 Å². The van der Waals surface area contributed by atoms with Crippen LogP contribution in [-0.2, 0) is 4.79 Å². The lowest BCUT2D eigenvalue weighted by atomic mass is 10.3. The predicted molar refractivity (Wildman–Crippen MR) is 108 cm³/mol. The number of carbonyl (C=O) groups is 1. The number of aryl methyl sites for hydroxylation is 1. The number of hydrogen-bond donors (Lipinski definition) is 1. The summed E-state index contributed by atoms with van der Waals surface area (Å²) in [5.74, 6) is 1.58. The standard InChI is InChI=1S/C20H20ClN3OS/c1-15-14-19(24(23-15)17-6-3-2-4-7-17)22-20(25)8-5-13-26-18-11-9-16(21)10-12-18/h2-4,6-7,9-12,14H,5,8,13H2,1H3,(H,22,25). The van der Waals surface area contributed by atoms with Crippen LogP contribution in [0.1, 0.15) is 18.5 Å². The summed E-state index contributed by atoms with van der Waals surface area (Å²) >= 11 is 7.61. The zero-order chi connectivity index (χ0) is 18.4. The number of carbonyl (C=O) groups excluding carboxylic acids is 1. The van der Waals surface area contributed by atoms with E-state index in [1.54, 1.807) is 16.4 Å². The normalized spacial score (nSPS) is 10.7. The van der Waals surface area contributed by atoms with Crippen molar-refractivity contribution in [3.05, 3.63) is 71.4 Å². The number of hydrogen-bond acceptors (Lipinski definition) is 3. The molecule has 0 spiro atoms. The maximum atomic E-state index is 12.3. The van der Waals surface area contributed by atoms with Gasteiger partial charge in [-0.15, -0.1) is 11.8 Å². The van der Waals surface area contributed by atoms with Crippen LogP contribution in [0.25, 0.3) is 5.69 Å². The van der Waals surface area contributed by atoms with Crippen LogP contribution in [0.15, 0.2) is 65.6 Å². The quantitative estimate of drug-likeness (QED) is 0.440. The molecule has 0 unspecified atom stereocenters. The zero-order valence-corrected chi connectivity index (χ0v) is 16.1. The molecule has 6 heteroatoms. The number of para-hydroxylation sites is 1. The van der Waals surface area contributed by atoms with Crippen LogP contribution >= 0.6 is 23.4 Å². The number of thioether (sulfide) groups is 1. The van der Waals surface area contributed by atoms with E-state index in [-0.39, 0.29) is 5.91 Å². The highest BCUT2D eigenvalue weighted by molar-refractivity contribution is 7.99. The Hall–Kier alpha value is -2.24. The van der Waals surface area contributed by atoms with Gasteiger partial charge < -0.3 is 5.32 Å². The summed E-state index contributed by atoms with van der Waals surface area (Å²) < 4.78 is 1.76. The summed E-state index contributed by atoms with van der Waals surface area (Å²) in [6, 6.07) is 19.4. The molecule has 2 aromatic carbocycles. The summed E-state index contributed by atoms with van der Waals surface area (Å²) in [6.07, 6.45) is 1.27. The van der Waals surface area contributed by atoms with Gasteiger partial charge in [0.25, 0.3) is 0 Å². The number of halogens is 1. The Labute approximate surface area is 162 Å². The lowest BCUT2D eigenvalue weighted by molar-refractivity contribution is -0.116. The van der Waals surface area contributed by atoms with E-state index in [0.717, 1.165) is 33.5 Å². The van der Waals surface area contributed by atoms with Crippen LogP contribution in [0.4, 0.5) is 5.82 Å². The summed E-state index contributed by atoms with van der Waals surface area (Å²) in [4.78, 5) is 13.4. The molecule has 4 nitrogen and oxygen atoms in total. The number of benzene rings is 2. The maximum absolute atomic E-state index is 12.3. The number of rotatable bonds is 7. The fraction of sp³-hybridized carbons (Fsp3) is 0.200. The Kier molecular flexibility index (Phi) is 6.36. The average Bonchev–Trinajstić information content (AvgIpc) is 3.01. The topological polar surface area (TPSA) is 46.9 Å². The van der Waals surface area contributed by atoms with Crippen LogP contribution in [0.3, 0.4) is 0 Å². The third-order valence-electron chi connectivity index (χ3n) is 3.73. The van der Waals surface area contributed by atoms with E-state index in [1.165, 1.54) is 0 Å². The molecule has 0 saturated carbocycles. The zero-order valence-electron chi connectivity index (χ0n) is 14.5. The van der Waals surface area contributed by atoms with E-state index < -0.39 is 0 Å². The number of nitrogens with zero attached hydrogens (tertiary/aromatic N) is 2. The van der Waals surface area contributed by atoms with Crippen molar-refractivity contribution in [3.8, 4) is 5.69 Å². The molecule has 0 aliphatic heterocycles. The van der Waals surface area contributed by atoms with Crippen LogP contribution < -0.4 is 5.32 Å². The third-order valence-corrected chi connectivity index (χ3v) is 5.08. The van der Waals surface area contributed by atoms with Gasteiger partial charge in [-0.25, -0.2) is 4.68 Å². The van der Waals surface area contributed by atoms with E-state index in [1.807, 2.05) is 67.6 Å². The van der Waals surface area contributed by atoms with Gasteiger partial charge in [-0.3, -0.25) is 4.79 Å². The van der Waals surface area contributed by atoms with Crippen LogP contribution in [-0.4, -0.2) is 21.4 Å². The molecule has 0 radical (unpaired) electrons. The first-order valence-corrected chi connectivity index (χ1v) is 9.78. The Bertz CT molecular complexity index is 863. The molecule has 134 valence electrons. The summed E-state index contributed by atoms with van der Waals surface area (Å²) in [7, 11) is 0. The molecule has 1 heterocycles. The van der Waals surface area contributed by atoms with Crippen molar-refractivity contribution in [1.82, 2.24) is 9.78 Å². The molecular weight excluding hydrogens is 366 g/mol. The SMILES string of the molecule is Cc1cc(NC(=O)CCCSc2ccc(Cl)cc2)n(-c2ccccc2)n1. The molecule has 26 heavy (non-hydrogen) atoms. The summed E-state index contributed by atoms with van der Waals surface area (Å²) in [5.41, 5.74) is 1.79. The van der Waals surface area contributed by atoms with Crippen molar-refractivity contribution in [1.29, 1.82) is 0 Å². The molecular formula is C20H20ClN3OS. The van der Waals surface area contributed by atoms with Crippen molar-refractivity contribution in [2.24, 2.45) is 0 Å². The van der Waals surface area contributed by atoms with Gasteiger partial charge in [0.2, 0.25) is 5.91 Å². The Morgan fingerprint density at radius 2 is 1.88 bits per heavy atom. The number of aromatic nitrogens is 2. The molecule has 3 aromatic rings. The molecule has 1 aromatic heterocycles. The van der Waals surface area contributed by atoms with Gasteiger partial charge in [-0.1, -0.05) is 29.8 Å². The maximum Gasteiger partial charge on any atom is 0.225 e. The van der Waals surface area contributed by atoms with Crippen molar-refractivity contribution in [2.75, 3.05) is 11.1 Å². The van der Waals surface area contributed by atoms with Gasteiger partial charge in [0.05, 0.1) is 11.4 Å². The second kappa shape index (κ2) is 8.92. The second-order valence-corrected chi connectivity index (χ2v) is 7.48. The van der Waals surface area contributed by atoms with Crippen molar-refractivity contribution in [3.63, 3.8) is 0 Å². The first kappa shape index (κ1) is 18.5. The molecule has 1 N–H and O–H groups in total. The van der Waals surface area contributed by atoms with Gasteiger partial charge in [0.1, 0.15) is 5.82 Å². The summed E-state index contributed by atoms with van der Waals surface area (Å²) in [6.45, 7) is 1.91. The fourth-order valence-corrected chi connectivity index (χ4v) is 3.49. The summed E-state index contributed by atoms with van der Waals surface area (Å²) in [5, 5.41) is 8.17. The van der Waals surface area contributed by atoms with Gasteiger partial charge in [-0.05, 0) is 55.5 Å². The van der Waals surface area contributed by atoms with Crippen LogP contribution in [0.5, 0.6) is 0 Å². The lowest BCUT2D eigenvalue weighted by Gasteiger charge is -2.09. The smallest absolute Gasteiger partial charge is 0.225 e. The highest BCUT2D eigenvalue weighted by atomic mass is 35.5. The Balaban J connectivity index is 1.51. The minimum atomic E-state index is -0.00112. The van der Waals surface area contributed by atoms with Crippen LogP contribution in [0, 0.1) is 6.92 Å². The average molecular weight is 386 g/mol. The van der Waals surface area contributed by atoms with Crippen molar-refractivity contribution < 1.29 is 4.79 Å². The first-order chi connectivity index (χ1) is 12.6. The monoisotopic (exact) mass is 385 g/mol. The van der Waals surface area contributed by atoms with E-state index in [4.69, 9.17) is 11.6 Å². The van der Waals surface area contributed by atoms with E-state index in [0.29, 0.717) is 12.2 Å². The Morgan fingerprint density at radius 1 is 1.15 bits per heavy atom. The molecule has 3 rings (SSSR count). The van der Waals surface area contributed by atoms with Gasteiger partial charge >= 0.3 is 0 Å².